The van der Waals surface area contributed by atoms with Crippen molar-refractivity contribution in [2.45, 2.75) is 20.4 Å². The highest BCUT2D eigenvalue weighted by atomic mass is 35.5. The first-order valence-electron chi connectivity index (χ1n) is 6.48. The average molecular weight is 290 g/mol. The van der Waals surface area contributed by atoms with Crippen LogP contribution >= 0.6 is 11.6 Å². The molecule has 0 unspecified atom stereocenters. The number of carbonyl (C=O) groups excluding carboxylic acids is 1. The lowest BCUT2D eigenvalue weighted by atomic mass is 10.1. The second-order valence-corrected chi connectivity index (χ2v) is 5.54. The van der Waals surface area contributed by atoms with Crippen LogP contribution in [0.15, 0.2) is 41.2 Å². The van der Waals surface area contributed by atoms with Gasteiger partial charge in [-0.25, -0.2) is 0 Å². The van der Waals surface area contributed by atoms with E-state index in [0.29, 0.717) is 23.8 Å². The van der Waals surface area contributed by atoms with Gasteiger partial charge in [0.05, 0.1) is 11.3 Å². The van der Waals surface area contributed by atoms with Crippen LogP contribution in [0.4, 0.5) is 0 Å². The van der Waals surface area contributed by atoms with Crippen LogP contribution in [0.2, 0.25) is 5.02 Å². The zero-order valence-electron chi connectivity index (χ0n) is 11.5. The number of nitrogens with zero attached hydrogens (tertiary/aromatic N) is 1. The van der Waals surface area contributed by atoms with Crippen molar-refractivity contribution in [2.24, 2.45) is 5.92 Å². The molecule has 0 aliphatic heterocycles. The van der Waals surface area contributed by atoms with Crippen molar-refractivity contribution in [1.82, 2.24) is 4.57 Å². The van der Waals surface area contributed by atoms with Gasteiger partial charge < -0.3 is 4.57 Å². The van der Waals surface area contributed by atoms with Crippen molar-refractivity contribution in [3.8, 4) is 11.3 Å². The van der Waals surface area contributed by atoms with E-state index in [1.165, 1.54) is 0 Å². The molecular weight excluding hydrogens is 274 g/mol. The van der Waals surface area contributed by atoms with Crippen molar-refractivity contribution < 1.29 is 4.79 Å². The molecule has 0 aliphatic carbocycles. The molecular formula is C16H16ClNO2. The Morgan fingerprint density at radius 2 is 1.80 bits per heavy atom. The summed E-state index contributed by atoms with van der Waals surface area (Å²) in [5.74, 6) is 0.306. The summed E-state index contributed by atoms with van der Waals surface area (Å²) in [7, 11) is 0. The number of benzene rings is 1. The summed E-state index contributed by atoms with van der Waals surface area (Å²) >= 11 is 5.89. The Hall–Kier alpha value is -1.87. The predicted octanol–water partition coefficient (Wildman–Crippen LogP) is 3.64. The van der Waals surface area contributed by atoms with Crippen LogP contribution < -0.4 is 5.56 Å². The van der Waals surface area contributed by atoms with E-state index >= 15 is 0 Å². The van der Waals surface area contributed by atoms with E-state index in [0.717, 1.165) is 11.3 Å². The standard InChI is InChI=1S/C16H16ClNO2/c1-11(2)9-18-15(8-5-13(10-19)16(18)20)12-3-6-14(17)7-4-12/h3-8,10-11H,9H2,1-2H3. The highest BCUT2D eigenvalue weighted by Crippen LogP contribution is 2.21. The molecule has 0 atom stereocenters. The van der Waals surface area contributed by atoms with E-state index in [-0.39, 0.29) is 11.1 Å². The van der Waals surface area contributed by atoms with Gasteiger partial charge >= 0.3 is 0 Å². The van der Waals surface area contributed by atoms with Gasteiger partial charge in [-0.2, -0.15) is 0 Å². The summed E-state index contributed by atoms with van der Waals surface area (Å²) < 4.78 is 1.65. The maximum Gasteiger partial charge on any atom is 0.261 e. The molecule has 0 bridgehead atoms. The Bertz CT molecular complexity index is 672. The Kier molecular flexibility index (Phi) is 4.40. The van der Waals surface area contributed by atoms with Crippen molar-refractivity contribution >= 4 is 17.9 Å². The molecule has 2 aromatic rings. The number of aldehydes is 1. The fourth-order valence-electron chi connectivity index (χ4n) is 2.10. The molecule has 0 N–H and O–H groups in total. The summed E-state index contributed by atoms with van der Waals surface area (Å²) in [5.41, 5.74) is 1.64. The van der Waals surface area contributed by atoms with Gasteiger partial charge in [0.15, 0.2) is 6.29 Å². The fraction of sp³-hybridized carbons (Fsp3) is 0.250. The number of hydrogen-bond donors (Lipinski definition) is 0. The number of carbonyl (C=O) groups is 1. The lowest BCUT2D eigenvalue weighted by molar-refractivity contribution is 0.112. The van der Waals surface area contributed by atoms with Crippen LogP contribution in [-0.4, -0.2) is 10.9 Å². The first-order chi connectivity index (χ1) is 9.52. The Balaban J connectivity index is 2.63. The molecule has 4 heteroatoms. The van der Waals surface area contributed by atoms with Crippen molar-refractivity contribution in [2.75, 3.05) is 0 Å². The monoisotopic (exact) mass is 289 g/mol. The third-order valence-electron chi connectivity index (χ3n) is 3.02. The van der Waals surface area contributed by atoms with E-state index in [9.17, 15) is 9.59 Å². The molecule has 20 heavy (non-hydrogen) atoms. The summed E-state index contributed by atoms with van der Waals surface area (Å²) in [6.45, 7) is 4.63. The minimum atomic E-state index is -0.249. The van der Waals surface area contributed by atoms with Gasteiger partial charge in [-0.1, -0.05) is 37.6 Å². The number of rotatable bonds is 4. The van der Waals surface area contributed by atoms with Crippen molar-refractivity contribution in [1.29, 1.82) is 0 Å². The number of aromatic nitrogens is 1. The van der Waals surface area contributed by atoms with E-state index in [1.54, 1.807) is 28.8 Å². The molecule has 0 spiro atoms. The first kappa shape index (κ1) is 14.5. The first-order valence-corrected chi connectivity index (χ1v) is 6.85. The summed E-state index contributed by atoms with van der Waals surface area (Å²) in [6, 6.07) is 10.7. The second kappa shape index (κ2) is 6.06. The maximum atomic E-state index is 12.3. The molecule has 0 radical (unpaired) electrons. The SMILES string of the molecule is CC(C)Cn1c(-c2ccc(Cl)cc2)ccc(C=O)c1=O. The Morgan fingerprint density at radius 3 is 2.35 bits per heavy atom. The molecule has 104 valence electrons. The van der Waals surface area contributed by atoms with E-state index < -0.39 is 0 Å². The van der Waals surface area contributed by atoms with Crippen LogP contribution in [0.3, 0.4) is 0 Å². The van der Waals surface area contributed by atoms with Crippen LogP contribution in [-0.2, 0) is 6.54 Å². The van der Waals surface area contributed by atoms with Crippen LogP contribution in [0.5, 0.6) is 0 Å². The average Bonchev–Trinajstić information content (AvgIpc) is 2.42. The number of hydrogen-bond acceptors (Lipinski definition) is 2. The Labute approximate surface area is 122 Å². The smallest absolute Gasteiger partial charge is 0.261 e. The minimum absolute atomic E-state index is 0.184. The molecule has 0 aliphatic rings. The van der Waals surface area contributed by atoms with Gasteiger partial charge in [-0.3, -0.25) is 9.59 Å². The molecule has 0 fully saturated rings. The normalized spacial score (nSPS) is 10.8. The molecule has 1 aromatic carbocycles. The van der Waals surface area contributed by atoms with Gasteiger partial charge in [0.1, 0.15) is 0 Å². The van der Waals surface area contributed by atoms with Crippen LogP contribution in [0.25, 0.3) is 11.3 Å². The zero-order chi connectivity index (χ0) is 14.7. The van der Waals surface area contributed by atoms with Crippen LogP contribution in [0.1, 0.15) is 24.2 Å². The summed E-state index contributed by atoms with van der Waals surface area (Å²) in [6.07, 6.45) is 0.602. The molecule has 1 heterocycles. The van der Waals surface area contributed by atoms with Gasteiger partial charge in [0.2, 0.25) is 0 Å². The van der Waals surface area contributed by atoms with Gasteiger partial charge in [0, 0.05) is 11.6 Å². The third kappa shape index (κ3) is 2.99. The minimum Gasteiger partial charge on any atom is -0.307 e. The largest absolute Gasteiger partial charge is 0.307 e. The van der Waals surface area contributed by atoms with Crippen molar-refractivity contribution in [3.05, 3.63) is 57.3 Å². The molecule has 0 saturated carbocycles. The third-order valence-corrected chi connectivity index (χ3v) is 3.27. The van der Waals surface area contributed by atoms with E-state index in [1.807, 2.05) is 26.0 Å². The second-order valence-electron chi connectivity index (χ2n) is 5.11. The quantitative estimate of drug-likeness (QED) is 0.806. The summed E-state index contributed by atoms with van der Waals surface area (Å²) in [4.78, 5) is 23.2. The van der Waals surface area contributed by atoms with Crippen LogP contribution in [0, 0.1) is 5.92 Å². The maximum absolute atomic E-state index is 12.3. The molecule has 0 saturated heterocycles. The van der Waals surface area contributed by atoms with Gasteiger partial charge in [-0.15, -0.1) is 0 Å². The molecule has 1 aromatic heterocycles. The highest BCUT2D eigenvalue weighted by Gasteiger charge is 2.11. The highest BCUT2D eigenvalue weighted by molar-refractivity contribution is 6.30. The molecule has 0 amide bonds. The molecule has 3 nitrogen and oxygen atoms in total. The van der Waals surface area contributed by atoms with Crippen molar-refractivity contribution in [3.63, 3.8) is 0 Å². The lowest BCUT2D eigenvalue weighted by Gasteiger charge is -2.15. The topological polar surface area (TPSA) is 39.1 Å². The van der Waals surface area contributed by atoms with E-state index in [4.69, 9.17) is 11.6 Å². The van der Waals surface area contributed by atoms with E-state index in [2.05, 4.69) is 0 Å². The number of pyridine rings is 1. The van der Waals surface area contributed by atoms with Gasteiger partial charge in [-0.05, 0) is 35.7 Å². The predicted molar refractivity (Wildman–Crippen MR) is 81.4 cm³/mol. The fourth-order valence-corrected chi connectivity index (χ4v) is 2.23. The molecule has 2 rings (SSSR count). The van der Waals surface area contributed by atoms with Gasteiger partial charge in [0.25, 0.3) is 5.56 Å². The zero-order valence-corrected chi connectivity index (χ0v) is 12.2. The Morgan fingerprint density at radius 1 is 1.15 bits per heavy atom. The lowest BCUT2D eigenvalue weighted by Crippen LogP contribution is -2.26. The summed E-state index contributed by atoms with van der Waals surface area (Å²) in [5, 5.41) is 0.649. The number of halogens is 1.